The largest absolute Gasteiger partial charge is 0.372 e. The van der Waals surface area contributed by atoms with Crippen LogP contribution in [0.3, 0.4) is 0 Å². The summed E-state index contributed by atoms with van der Waals surface area (Å²) in [5, 5.41) is 7.79. The third kappa shape index (κ3) is 3.05. The standard InChI is InChI=1S/C21H21ClN2O/c1-21(2)11-17-19(18(25)12-21)20(13-7-9-14(22)10-8-13)24-16-6-4-3-5-15(16)23-17/h3-10,20,23-24H,11-12H2,1-2H3/t20-/m0/s1. The third-order valence-electron chi connectivity index (χ3n) is 4.92. The Morgan fingerprint density at radius 1 is 1.00 bits per heavy atom. The molecule has 4 rings (SSSR count). The summed E-state index contributed by atoms with van der Waals surface area (Å²) in [5.41, 5.74) is 4.90. The Hall–Kier alpha value is -2.26. The van der Waals surface area contributed by atoms with Gasteiger partial charge in [-0.05, 0) is 41.7 Å². The Morgan fingerprint density at radius 3 is 2.40 bits per heavy atom. The second-order valence-electron chi connectivity index (χ2n) is 7.63. The average Bonchev–Trinajstić information content (AvgIpc) is 2.70. The Bertz CT molecular complexity index is 868. The molecule has 1 heterocycles. The molecule has 1 atom stereocenters. The van der Waals surface area contributed by atoms with Crippen molar-refractivity contribution in [3.05, 3.63) is 70.4 Å². The lowest BCUT2D eigenvalue weighted by molar-refractivity contribution is -0.118. The maximum Gasteiger partial charge on any atom is 0.163 e. The lowest BCUT2D eigenvalue weighted by Gasteiger charge is -2.34. The van der Waals surface area contributed by atoms with Crippen molar-refractivity contribution in [2.45, 2.75) is 32.7 Å². The molecule has 0 bridgehead atoms. The van der Waals surface area contributed by atoms with Gasteiger partial charge in [-0.25, -0.2) is 0 Å². The van der Waals surface area contributed by atoms with E-state index in [2.05, 4.69) is 24.5 Å². The highest BCUT2D eigenvalue weighted by Crippen LogP contribution is 2.45. The Morgan fingerprint density at radius 2 is 1.68 bits per heavy atom. The molecule has 128 valence electrons. The first-order valence-electron chi connectivity index (χ1n) is 8.57. The normalized spacial score (nSPS) is 21.6. The van der Waals surface area contributed by atoms with E-state index >= 15 is 0 Å². The van der Waals surface area contributed by atoms with E-state index < -0.39 is 0 Å². The van der Waals surface area contributed by atoms with Crippen LogP contribution in [0.2, 0.25) is 5.02 Å². The summed E-state index contributed by atoms with van der Waals surface area (Å²) in [6.07, 6.45) is 1.42. The second-order valence-corrected chi connectivity index (χ2v) is 8.07. The number of para-hydroxylation sites is 2. The Labute approximate surface area is 153 Å². The molecule has 2 aliphatic rings. The highest BCUT2D eigenvalue weighted by molar-refractivity contribution is 6.30. The topological polar surface area (TPSA) is 41.1 Å². The van der Waals surface area contributed by atoms with E-state index in [4.69, 9.17) is 11.6 Å². The number of rotatable bonds is 1. The fourth-order valence-electron chi connectivity index (χ4n) is 3.79. The summed E-state index contributed by atoms with van der Waals surface area (Å²) in [7, 11) is 0. The minimum Gasteiger partial charge on any atom is -0.372 e. The molecule has 0 radical (unpaired) electrons. The van der Waals surface area contributed by atoms with Crippen molar-refractivity contribution in [2.24, 2.45) is 5.41 Å². The maximum absolute atomic E-state index is 13.0. The van der Waals surface area contributed by atoms with Crippen LogP contribution < -0.4 is 10.6 Å². The first-order valence-corrected chi connectivity index (χ1v) is 8.95. The summed E-state index contributed by atoms with van der Waals surface area (Å²) in [6, 6.07) is 15.7. The maximum atomic E-state index is 13.0. The predicted octanol–water partition coefficient (Wildman–Crippen LogP) is 5.56. The second kappa shape index (κ2) is 5.92. The number of ketones is 1. The van der Waals surface area contributed by atoms with Gasteiger partial charge in [-0.3, -0.25) is 4.79 Å². The summed E-state index contributed by atoms with van der Waals surface area (Å²) in [4.78, 5) is 13.0. The first-order chi connectivity index (χ1) is 11.9. The molecule has 4 heteroatoms. The van der Waals surface area contributed by atoms with Crippen molar-refractivity contribution in [2.75, 3.05) is 10.6 Å². The number of carbonyl (C=O) groups is 1. The smallest absolute Gasteiger partial charge is 0.163 e. The number of hydrogen-bond acceptors (Lipinski definition) is 3. The van der Waals surface area contributed by atoms with Crippen LogP contribution in [0.15, 0.2) is 59.8 Å². The average molecular weight is 353 g/mol. The molecule has 0 spiro atoms. The Kier molecular flexibility index (Phi) is 3.84. The number of benzene rings is 2. The molecule has 0 aromatic heterocycles. The summed E-state index contributed by atoms with van der Waals surface area (Å²) >= 11 is 6.06. The number of fused-ring (bicyclic) bond motifs is 1. The molecule has 1 aliphatic carbocycles. The van der Waals surface area contributed by atoms with Gasteiger partial charge in [0.2, 0.25) is 0 Å². The van der Waals surface area contributed by atoms with Gasteiger partial charge >= 0.3 is 0 Å². The van der Waals surface area contributed by atoms with Crippen molar-refractivity contribution in [3.8, 4) is 0 Å². The third-order valence-corrected chi connectivity index (χ3v) is 5.18. The van der Waals surface area contributed by atoms with Gasteiger partial charge in [0, 0.05) is 22.7 Å². The van der Waals surface area contributed by atoms with Crippen LogP contribution in [0.5, 0.6) is 0 Å². The molecule has 0 amide bonds. The van der Waals surface area contributed by atoms with E-state index in [1.54, 1.807) is 0 Å². The van der Waals surface area contributed by atoms with Crippen molar-refractivity contribution < 1.29 is 4.79 Å². The molecule has 0 saturated heterocycles. The molecule has 25 heavy (non-hydrogen) atoms. The fraction of sp³-hybridized carbons (Fsp3) is 0.286. The highest BCUT2D eigenvalue weighted by atomic mass is 35.5. The van der Waals surface area contributed by atoms with Gasteiger partial charge in [-0.1, -0.05) is 49.7 Å². The van der Waals surface area contributed by atoms with E-state index in [-0.39, 0.29) is 17.2 Å². The molecule has 0 fully saturated rings. The molecule has 0 saturated carbocycles. The zero-order valence-corrected chi connectivity index (χ0v) is 15.2. The zero-order valence-electron chi connectivity index (χ0n) is 14.4. The van der Waals surface area contributed by atoms with E-state index in [0.29, 0.717) is 11.4 Å². The highest BCUT2D eigenvalue weighted by Gasteiger charge is 2.38. The first kappa shape index (κ1) is 16.2. The lowest BCUT2D eigenvalue weighted by Crippen LogP contribution is -2.31. The number of nitrogens with one attached hydrogen (secondary N) is 2. The quantitative estimate of drug-likeness (QED) is 0.705. The minimum absolute atomic E-state index is 0.0350. The molecule has 2 aromatic rings. The van der Waals surface area contributed by atoms with E-state index in [0.717, 1.165) is 34.6 Å². The number of Topliss-reactive ketones (excluding diaryl/α,β-unsaturated/α-hetero) is 1. The zero-order chi connectivity index (χ0) is 17.6. The summed E-state index contributed by atoms with van der Waals surface area (Å²) in [5.74, 6) is 0.207. The number of allylic oxidation sites excluding steroid dienone is 1. The number of carbonyl (C=O) groups excluding carboxylic acids is 1. The van der Waals surface area contributed by atoms with Gasteiger partial charge < -0.3 is 10.6 Å². The van der Waals surface area contributed by atoms with Gasteiger partial charge in [0.15, 0.2) is 5.78 Å². The summed E-state index contributed by atoms with van der Waals surface area (Å²) < 4.78 is 0. The van der Waals surface area contributed by atoms with E-state index in [1.807, 2.05) is 48.5 Å². The van der Waals surface area contributed by atoms with E-state index in [9.17, 15) is 4.79 Å². The Balaban J connectivity index is 1.88. The molecule has 2 aromatic carbocycles. The predicted molar refractivity (Wildman–Crippen MR) is 103 cm³/mol. The van der Waals surface area contributed by atoms with E-state index in [1.165, 1.54) is 0 Å². The molecular formula is C21H21ClN2O. The van der Waals surface area contributed by atoms with Crippen LogP contribution in [0.4, 0.5) is 11.4 Å². The van der Waals surface area contributed by atoms with Crippen molar-refractivity contribution in [3.63, 3.8) is 0 Å². The number of hydrogen-bond donors (Lipinski definition) is 2. The van der Waals surface area contributed by atoms with Crippen LogP contribution in [-0.4, -0.2) is 5.78 Å². The van der Waals surface area contributed by atoms with Crippen LogP contribution in [0.25, 0.3) is 0 Å². The van der Waals surface area contributed by atoms with Crippen LogP contribution in [0, 0.1) is 5.41 Å². The van der Waals surface area contributed by atoms with Crippen molar-refractivity contribution in [1.29, 1.82) is 0 Å². The van der Waals surface area contributed by atoms with Crippen LogP contribution in [0.1, 0.15) is 38.3 Å². The van der Waals surface area contributed by atoms with Crippen molar-refractivity contribution >= 4 is 28.8 Å². The van der Waals surface area contributed by atoms with Gasteiger partial charge in [0.1, 0.15) is 0 Å². The molecule has 3 nitrogen and oxygen atoms in total. The lowest BCUT2D eigenvalue weighted by atomic mass is 9.73. The van der Waals surface area contributed by atoms with Gasteiger partial charge in [0.05, 0.1) is 17.4 Å². The minimum atomic E-state index is -0.174. The summed E-state index contributed by atoms with van der Waals surface area (Å²) in [6.45, 7) is 4.30. The monoisotopic (exact) mass is 352 g/mol. The van der Waals surface area contributed by atoms with Gasteiger partial charge in [-0.2, -0.15) is 0 Å². The SMILES string of the molecule is CC1(C)CC(=O)C2=C(C1)Nc1ccccc1N[C@H]2c1ccc(Cl)cc1. The van der Waals surface area contributed by atoms with Crippen LogP contribution in [-0.2, 0) is 4.79 Å². The number of anilines is 2. The molecular weight excluding hydrogens is 332 g/mol. The van der Waals surface area contributed by atoms with Gasteiger partial charge in [0.25, 0.3) is 0 Å². The molecule has 2 N–H and O–H groups in total. The van der Waals surface area contributed by atoms with Crippen LogP contribution >= 0.6 is 11.6 Å². The van der Waals surface area contributed by atoms with Gasteiger partial charge in [-0.15, -0.1) is 0 Å². The van der Waals surface area contributed by atoms with Crippen molar-refractivity contribution in [1.82, 2.24) is 0 Å². The number of halogens is 1. The molecule has 1 aliphatic heterocycles. The molecule has 0 unspecified atom stereocenters. The fourth-order valence-corrected chi connectivity index (χ4v) is 3.92.